The van der Waals surface area contributed by atoms with Crippen LogP contribution in [0, 0.1) is 11.3 Å². The maximum Gasteiger partial charge on any atom is 0.161 e. The van der Waals surface area contributed by atoms with Gasteiger partial charge in [0.25, 0.3) is 0 Å². The normalized spacial score (nSPS) is 17.5. The maximum atomic E-state index is 8.89. The van der Waals surface area contributed by atoms with Gasteiger partial charge in [0, 0.05) is 5.54 Å². The molecule has 2 rings (SSSR count). The van der Waals surface area contributed by atoms with Crippen molar-refractivity contribution in [3.63, 3.8) is 0 Å². The predicted molar refractivity (Wildman–Crippen MR) is 100 cm³/mol. The van der Waals surface area contributed by atoms with Crippen LogP contribution in [0.15, 0.2) is 29.3 Å². The number of nitrogens with zero attached hydrogens (tertiary/aromatic N) is 2. The molecule has 0 radical (unpaired) electrons. The lowest BCUT2D eigenvalue weighted by Gasteiger charge is -2.39. The number of rotatable bonds is 5. The van der Waals surface area contributed by atoms with E-state index in [-0.39, 0.29) is 5.54 Å². The first-order chi connectivity index (χ1) is 11.2. The fourth-order valence-corrected chi connectivity index (χ4v) is 3.78. The van der Waals surface area contributed by atoms with Crippen LogP contribution >= 0.6 is 11.8 Å². The molecule has 4 heteroatoms. The molecule has 1 aromatic rings. The maximum absolute atomic E-state index is 8.89. The fourth-order valence-electron chi connectivity index (χ4n) is 3.26. The van der Waals surface area contributed by atoms with Crippen molar-refractivity contribution in [1.29, 1.82) is 5.26 Å². The first kappa shape index (κ1) is 17.9. The molecule has 1 aromatic carbocycles. The first-order valence-electron chi connectivity index (χ1n) is 8.62. The van der Waals surface area contributed by atoms with Crippen molar-refractivity contribution in [2.75, 3.05) is 6.26 Å². The number of nitrogens with one attached hydrogen (secondary N) is 1. The smallest absolute Gasteiger partial charge is 0.161 e. The Balaban J connectivity index is 2.13. The summed E-state index contributed by atoms with van der Waals surface area (Å²) in [6, 6.07) is 9.62. The molecule has 0 spiro atoms. The Hall–Kier alpha value is -1.47. The van der Waals surface area contributed by atoms with E-state index in [2.05, 4.69) is 24.6 Å². The lowest BCUT2D eigenvalue weighted by molar-refractivity contribution is 0.244. The molecule has 0 amide bonds. The fraction of sp³-hybridized carbons (Fsp3) is 0.579. The van der Waals surface area contributed by atoms with Crippen LogP contribution in [0.4, 0.5) is 5.69 Å². The van der Waals surface area contributed by atoms with Gasteiger partial charge in [0.2, 0.25) is 0 Å². The van der Waals surface area contributed by atoms with Crippen molar-refractivity contribution in [3.8, 4) is 6.07 Å². The Kier molecular flexibility index (Phi) is 6.98. The molecule has 1 N–H and O–H groups in total. The summed E-state index contributed by atoms with van der Waals surface area (Å²) < 4.78 is 0. The second-order valence-corrected chi connectivity index (χ2v) is 7.14. The van der Waals surface area contributed by atoms with Gasteiger partial charge >= 0.3 is 0 Å². The van der Waals surface area contributed by atoms with Gasteiger partial charge in [-0.25, -0.2) is 4.99 Å². The quantitative estimate of drug-likeness (QED) is 0.582. The summed E-state index contributed by atoms with van der Waals surface area (Å²) in [5.41, 5.74) is 1.81. The topological polar surface area (TPSA) is 48.2 Å². The third-order valence-electron chi connectivity index (χ3n) is 4.61. The molecule has 0 heterocycles. The zero-order chi connectivity index (χ0) is 16.5. The Labute approximate surface area is 144 Å². The van der Waals surface area contributed by atoms with Crippen LogP contribution in [0.5, 0.6) is 0 Å². The molecule has 124 valence electrons. The molecule has 0 aliphatic heterocycles. The summed E-state index contributed by atoms with van der Waals surface area (Å²) >= 11 is 1.67. The number of aliphatic imine (C=N–C) groups is 1. The Bertz CT molecular complexity index is 551. The number of unbranched alkanes of at least 4 members (excludes halogenated alkanes) is 1. The minimum absolute atomic E-state index is 0.225. The van der Waals surface area contributed by atoms with Crippen LogP contribution in [-0.2, 0) is 0 Å². The molecule has 0 bridgehead atoms. The molecule has 0 atom stereocenters. The zero-order valence-corrected chi connectivity index (χ0v) is 15.1. The molecule has 0 aromatic heterocycles. The van der Waals surface area contributed by atoms with E-state index in [0.29, 0.717) is 5.56 Å². The Morgan fingerprint density at radius 3 is 2.52 bits per heavy atom. The summed E-state index contributed by atoms with van der Waals surface area (Å²) in [5.74, 6) is 0. The van der Waals surface area contributed by atoms with Gasteiger partial charge in [-0.1, -0.05) is 50.8 Å². The molecule has 1 aliphatic carbocycles. The number of thioether (sulfide) groups is 1. The minimum Gasteiger partial charge on any atom is -0.359 e. The lowest BCUT2D eigenvalue weighted by Crippen LogP contribution is -2.48. The molecular weight excluding hydrogens is 302 g/mol. The lowest BCUT2D eigenvalue weighted by atomic mass is 9.78. The zero-order valence-electron chi connectivity index (χ0n) is 14.3. The van der Waals surface area contributed by atoms with Crippen LogP contribution in [0.1, 0.15) is 63.9 Å². The third kappa shape index (κ3) is 5.28. The second-order valence-electron chi connectivity index (χ2n) is 6.35. The van der Waals surface area contributed by atoms with E-state index in [1.165, 1.54) is 51.4 Å². The number of hydrogen-bond donors (Lipinski definition) is 1. The van der Waals surface area contributed by atoms with Gasteiger partial charge in [-0.05, 0) is 49.8 Å². The van der Waals surface area contributed by atoms with Crippen molar-refractivity contribution >= 4 is 22.6 Å². The number of amidine groups is 1. The Morgan fingerprint density at radius 2 is 1.96 bits per heavy atom. The highest BCUT2D eigenvalue weighted by atomic mass is 32.2. The van der Waals surface area contributed by atoms with E-state index in [0.717, 1.165) is 10.9 Å². The summed E-state index contributed by atoms with van der Waals surface area (Å²) in [6.07, 6.45) is 12.3. The van der Waals surface area contributed by atoms with Crippen molar-refractivity contribution in [3.05, 3.63) is 29.8 Å². The number of nitriles is 1. The van der Waals surface area contributed by atoms with Gasteiger partial charge in [-0.15, -0.1) is 0 Å². The molecule has 1 aliphatic rings. The SMILES string of the molecule is CCCCC1(NC(=Nc2ccc(C#N)cc2)SC)CCCCC1. The average molecular weight is 330 g/mol. The van der Waals surface area contributed by atoms with Gasteiger partial charge in [0.05, 0.1) is 17.3 Å². The van der Waals surface area contributed by atoms with Crippen molar-refractivity contribution in [1.82, 2.24) is 5.32 Å². The van der Waals surface area contributed by atoms with Crippen LogP contribution in [0.3, 0.4) is 0 Å². The van der Waals surface area contributed by atoms with E-state index < -0.39 is 0 Å². The van der Waals surface area contributed by atoms with Gasteiger partial charge in [0.15, 0.2) is 5.17 Å². The van der Waals surface area contributed by atoms with Gasteiger partial charge in [-0.3, -0.25) is 0 Å². The highest BCUT2D eigenvalue weighted by molar-refractivity contribution is 8.13. The molecule has 23 heavy (non-hydrogen) atoms. The highest BCUT2D eigenvalue weighted by Crippen LogP contribution is 2.33. The molecule has 3 nitrogen and oxygen atoms in total. The van der Waals surface area contributed by atoms with E-state index in [4.69, 9.17) is 10.3 Å². The molecule has 1 saturated carbocycles. The summed E-state index contributed by atoms with van der Waals surface area (Å²) in [4.78, 5) is 4.76. The highest BCUT2D eigenvalue weighted by Gasteiger charge is 2.32. The average Bonchev–Trinajstić information content (AvgIpc) is 2.61. The third-order valence-corrected chi connectivity index (χ3v) is 5.19. The summed E-state index contributed by atoms with van der Waals surface area (Å²) in [5, 5.41) is 13.7. The largest absolute Gasteiger partial charge is 0.359 e. The number of benzene rings is 1. The summed E-state index contributed by atoms with van der Waals surface area (Å²) in [7, 11) is 0. The minimum atomic E-state index is 0.225. The van der Waals surface area contributed by atoms with Crippen LogP contribution in [-0.4, -0.2) is 17.0 Å². The summed E-state index contributed by atoms with van der Waals surface area (Å²) in [6.45, 7) is 2.26. The number of hydrogen-bond acceptors (Lipinski definition) is 3. The molecule has 1 fully saturated rings. The standard InChI is InChI=1S/C19H27N3S/c1-3-4-12-19(13-6-5-7-14-19)22-18(23-2)21-17-10-8-16(15-20)9-11-17/h8-11H,3-7,12-14H2,1-2H3,(H,21,22). The molecule has 0 unspecified atom stereocenters. The Morgan fingerprint density at radius 1 is 1.26 bits per heavy atom. The predicted octanol–water partition coefficient (Wildman–Crippen LogP) is 5.39. The van der Waals surface area contributed by atoms with Crippen LogP contribution < -0.4 is 5.32 Å². The van der Waals surface area contributed by atoms with Crippen LogP contribution in [0.25, 0.3) is 0 Å². The van der Waals surface area contributed by atoms with Gasteiger partial charge < -0.3 is 5.32 Å². The van der Waals surface area contributed by atoms with E-state index in [9.17, 15) is 0 Å². The van der Waals surface area contributed by atoms with Crippen molar-refractivity contribution in [2.45, 2.75) is 63.8 Å². The van der Waals surface area contributed by atoms with Crippen molar-refractivity contribution < 1.29 is 0 Å². The van der Waals surface area contributed by atoms with Gasteiger partial charge in [0.1, 0.15) is 0 Å². The second kappa shape index (κ2) is 8.98. The van der Waals surface area contributed by atoms with Crippen LogP contribution in [0.2, 0.25) is 0 Å². The van der Waals surface area contributed by atoms with E-state index >= 15 is 0 Å². The first-order valence-corrected chi connectivity index (χ1v) is 9.85. The van der Waals surface area contributed by atoms with E-state index in [1.54, 1.807) is 11.8 Å². The monoisotopic (exact) mass is 329 g/mol. The van der Waals surface area contributed by atoms with Crippen molar-refractivity contribution in [2.24, 2.45) is 4.99 Å². The van der Waals surface area contributed by atoms with Gasteiger partial charge in [-0.2, -0.15) is 5.26 Å². The van der Waals surface area contributed by atoms with E-state index in [1.807, 2.05) is 24.3 Å². The molecular formula is C19H27N3S. The molecule has 0 saturated heterocycles.